The van der Waals surface area contributed by atoms with Crippen molar-refractivity contribution in [3.8, 4) is 0 Å². The number of piperazine rings is 1. The Kier molecular flexibility index (Phi) is 5.92. The van der Waals surface area contributed by atoms with Crippen LogP contribution >= 0.6 is 12.4 Å². The zero-order chi connectivity index (χ0) is 14.0. The van der Waals surface area contributed by atoms with E-state index in [1.54, 1.807) is 0 Å². The van der Waals surface area contributed by atoms with Crippen molar-refractivity contribution in [1.29, 1.82) is 0 Å². The van der Waals surface area contributed by atoms with Gasteiger partial charge in [0.2, 0.25) is 0 Å². The average Bonchev–Trinajstić information content (AvgIpc) is 2.27. The van der Waals surface area contributed by atoms with Gasteiger partial charge in [-0.15, -0.1) is 12.4 Å². The molecule has 0 bridgehead atoms. The largest absolute Gasteiger partial charge is 0.314 e. The Morgan fingerprint density at radius 1 is 1.05 bits per heavy atom. The molecule has 1 saturated heterocycles. The van der Waals surface area contributed by atoms with Gasteiger partial charge in [0.25, 0.3) is 0 Å². The number of rotatable bonds is 2. The highest BCUT2D eigenvalue weighted by atomic mass is 35.5. The Morgan fingerprint density at radius 2 is 1.55 bits per heavy atom. The highest BCUT2D eigenvalue weighted by Crippen LogP contribution is 2.38. The Hall–Kier alpha value is -0.710. The predicted octanol–water partition coefficient (Wildman–Crippen LogP) is 3.38. The minimum absolute atomic E-state index is 0. The van der Waals surface area contributed by atoms with E-state index in [1.807, 2.05) is 0 Å². The van der Waals surface area contributed by atoms with Crippen LogP contribution in [0.2, 0.25) is 0 Å². The van der Waals surface area contributed by atoms with Crippen molar-refractivity contribution in [3.05, 3.63) is 35.4 Å². The lowest BCUT2D eigenvalue weighted by Gasteiger charge is -2.42. The van der Waals surface area contributed by atoms with Crippen molar-refractivity contribution in [3.63, 3.8) is 0 Å². The molecule has 0 radical (unpaired) electrons. The summed E-state index contributed by atoms with van der Waals surface area (Å²) in [7, 11) is 0. The quantitative estimate of drug-likeness (QED) is 0.901. The third-order valence-corrected chi connectivity index (χ3v) is 3.54. The first-order valence-electron chi connectivity index (χ1n) is 6.79. The fourth-order valence-electron chi connectivity index (χ4n) is 2.93. The maximum atomic E-state index is 13.5. The molecule has 0 spiro atoms. The lowest BCUT2D eigenvalue weighted by molar-refractivity contribution is 0.0858. The van der Waals surface area contributed by atoms with Crippen LogP contribution in [0.5, 0.6) is 0 Å². The topological polar surface area (TPSA) is 15.3 Å². The molecule has 0 aliphatic carbocycles. The highest BCUT2D eigenvalue weighted by molar-refractivity contribution is 5.85. The second-order valence-corrected chi connectivity index (χ2v) is 6.26. The Morgan fingerprint density at radius 3 is 2.00 bits per heavy atom. The monoisotopic (exact) mass is 304 g/mol. The molecular formula is C15H23ClF2N2. The molecule has 1 aliphatic rings. The fraction of sp³-hybridized carbons (Fsp3) is 0.600. The smallest absolute Gasteiger partial charge is 0.126 e. The normalized spacial score (nSPS) is 18.4. The van der Waals surface area contributed by atoms with Crippen molar-refractivity contribution in [2.45, 2.75) is 26.8 Å². The van der Waals surface area contributed by atoms with E-state index in [2.05, 4.69) is 31.0 Å². The molecule has 1 aliphatic heterocycles. The minimum atomic E-state index is -0.501. The van der Waals surface area contributed by atoms with Gasteiger partial charge in [-0.05, 0) is 23.1 Å². The fourth-order valence-corrected chi connectivity index (χ4v) is 2.93. The van der Waals surface area contributed by atoms with E-state index in [0.717, 1.165) is 37.8 Å². The number of hydrogen-bond acceptors (Lipinski definition) is 2. The van der Waals surface area contributed by atoms with E-state index < -0.39 is 11.6 Å². The molecule has 2 nitrogen and oxygen atoms in total. The molecule has 1 aromatic rings. The molecule has 0 aromatic heterocycles. The van der Waals surface area contributed by atoms with E-state index in [4.69, 9.17) is 0 Å². The van der Waals surface area contributed by atoms with Crippen LogP contribution in [-0.2, 0) is 0 Å². The standard InChI is InChI=1S/C15H22F2N2.ClH/c1-15(2,3)14(19-6-4-18-5-7-19)11-8-12(16)10-13(17)9-11;/h8-10,14,18H,4-7H2,1-3H3;1H/t14-;/m0./s1. The van der Waals surface area contributed by atoms with Gasteiger partial charge < -0.3 is 5.32 Å². The lowest BCUT2D eigenvalue weighted by Crippen LogP contribution is -2.48. The third-order valence-electron chi connectivity index (χ3n) is 3.54. The van der Waals surface area contributed by atoms with E-state index >= 15 is 0 Å². The first-order valence-corrected chi connectivity index (χ1v) is 6.79. The number of benzene rings is 1. The van der Waals surface area contributed by atoms with E-state index in [1.165, 1.54) is 12.1 Å². The van der Waals surface area contributed by atoms with Gasteiger partial charge in [-0.25, -0.2) is 8.78 Å². The molecule has 20 heavy (non-hydrogen) atoms. The van der Waals surface area contributed by atoms with E-state index in [9.17, 15) is 8.78 Å². The third kappa shape index (κ3) is 4.14. The summed E-state index contributed by atoms with van der Waals surface area (Å²) in [6.07, 6.45) is 0. The summed E-state index contributed by atoms with van der Waals surface area (Å²) in [6.45, 7) is 9.99. The number of nitrogens with one attached hydrogen (secondary N) is 1. The summed E-state index contributed by atoms with van der Waals surface area (Å²) in [4.78, 5) is 2.31. The van der Waals surface area contributed by atoms with Crippen LogP contribution in [0.25, 0.3) is 0 Å². The summed E-state index contributed by atoms with van der Waals surface area (Å²) >= 11 is 0. The van der Waals surface area contributed by atoms with Gasteiger partial charge in [0, 0.05) is 38.3 Å². The minimum Gasteiger partial charge on any atom is -0.314 e. The summed E-state index contributed by atoms with van der Waals surface area (Å²) < 4.78 is 26.9. The number of halogens is 3. The second kappa shape index (κ2) is 6.83. The first kappa shape index (κ1) is 17.3. The summed E-state index contributed by atoms with van der Waals surface area (Å²) in [5, 5.41) is 3.31. The summed E-state index contributed by atoms with van der Waals surface area (Å²) in [5.41, 5.74) is 0.657. The molecule has 0 amide bonds. The molecule has 1 fully saturated rings. The van der Waals surface area contributed by atoms with Gasteiger partial charge in [-0.1, -0.05) is 20.8 Å². The predicted molar refractivity (Wildman–Crippen MR) is 80.2 cm³/mol. The van der Waals surface area contributed by atoms with Crippen LogP contribution in [0.3, 0.4) is 0 Å². The zero-order valence-electron chi connectivity index (χ0n) is 12.2. The van der Waals surface area contributed by atoms with Crippen molar-refractivity contribution in [2.75, 3.05) is 26.2 Å². The van der Waals surface area contributed by atoms with Crippen molar-refractivity contribution >= 4 is 12.4 Å². The van der Waals surface area contributed by atoms with Gasteiger partial charge in [0.05, 0.1) is 0 Å². The molecule has 1 N–H and O–H groups in total. The Labute approximate surface area is 126 Å². The Bertz CT molecular complexity index is 420. The van der Waals surface area contributed by atoms with Crippen LogP contribution in [0.15, 0.2) is 18.2 Å². The van der Waals surface area contributed by atoms with Crippen molar-refractivity contribution in [1.82, 2.24) is 10.2 Å². The molecule has 2 rings (SSSR count). The molecule has 114 valence electrons. The lowest BCUT2D eigenvalue weighted by atomic mass is 9.81. The molecular weight excluding hydrogens is 282 g/mol. The second-order valence-electron chi connectivity index (χ2n) is 6.26. The molecule has 0 unspecified atom stereocenters. The van der Waals surface area contributed by atoms with Gasteiger partial charge in [-0.2, -0.15) is 0 Å². The molecule has 1 heterocycles. The molecule has 0 saturated carbocycles. The summed E-state index contributed by atoms with van der Waals surface area (Å²) in [6, 6.07) is 3.88. The summed E-state index contributed by atoms with van der Waals surface area (Å²) in [5.74, 6) is -1.00. The van der Waals surface area contributed by atoms with Crippen LogP contribution in [-0.4, -0.2) is 31.1 Å². The van der Waals surface area contributed by atoms with Crippen LogP contribution < -0.4 is 5.32 Å². The molecule has 1 aromatic carbocycles. The first-order chi connectivity index (χ1) is 8.88. The van der Waals surface area contributed by atoms with Gasteiger partial charge >= 0.3 is 0 Å². The Balaban J connectivity index is 0.00000200. The van der Waals surface area contributed by atoms with Gasteiger partial charge in [-0.3, -0.25) is 4.90 Å². The van der Waals surface area contributed by atoms with Crippen LogP contribution in [0.4, 0.5) is 8.78 Å². The van der Waals surface area contributed by atoms with E-state index in [-0.39, 0.29) is 23.9 Å². The van der Waals surface area contributed by atoms with Crippen LogP contribution in [0.1, 0.15) is 32.4 Å². The van der Waals surface area contributed by atoms with Crippen LogP contribution in [0, 0.1) is 17.0 Å². The molecule has 1 atom stereocenters. The van der Waals surface area contributed by atoms with Crippen molar-refractivity contribution in [2.24, 2.45) is 5.41 Å². The number of nitrogens with zero attached hydrogens (tertiary/aromatic N) is 1. The zero-order valence-corrected chi connectivity index (χ0v) is 13.1. The van der Waals surface area contributed by atoms with Gasteiger partial charge in [0.15, 0.2) is 0 Å². The molecule has 5 heteroatoms. The highest BCUT2D eigenvalue weighted by Gasteiger charge is 2.33. The number of hydrogen-bond donors (Lipinski definition) is 1. The maximum absolute atomic E-state index is 13.5. The van der Waals surface area contributed by atoms with Crippen molar-refractivity contribution < 1.29 is 8.78 Å². The maximum Gasteiger partial charge on any atom is 0.126 e. The SMILES string of the molecule is CC(C)(C)[C@H](c1cc(F)cc(F)c1)N1CCNCC1.Cl. The average molecular weight is 305 g/mol. The van der Waals surface area contributed by atoms with E-state index in [0.29, 0.717) is 0 Å². The van der Waals surface area contributed by atoms with Gasteiger partial charge in [0.1, 0.15) is 11.6 Å².